The van der Waals surface area contributed by atoms with Crippen LogP contribution in [0.4, 0.5) is 0 Å². The summed E-state index contributed by atoms with van der Waals surface area (Å²) < 4.78 is 12.2. The normalized spacial score (nSPS) is 26.1. The molecular weight excluding hydrogens is 362 g/mol. The molecule has 4 nitrogen and oxygen atoms in total. The third-order valence-corrected chi connectivity index (χ3v) is 10.3. The summed E-state index contributed by atoms with van der Waals surface area (Å²) in [7, 11) is -0.435. The van der Waals surface area contributed by atoms with E-state index in [1.54, 1.807) is 6.92 Å². The summed E-state index contributed by atoms with van der Waals surface area (Å²) in [6.45, 7) is 12.9. The van der Waals surface area contributed by atoms with Gasteiger partial charge < -0.3 is 14.9 Å². The van der Waals surface area contributed by atoms with Crippen molar-refractivity contribution < 1.29 is 14.0 Å². The van der Waals surface area contributed by atoms with Gasteiger partial charge in [-0.15, -0.1) is 0 Å². The van der Waals surface area contributed by atoms with Crippen LogP contribution in [-0.4, -0.2) is 33.0 Å². The first kappa shape index (κ1) is 19.9. The van der Waals surface area contributed by atoms with Crippen LogP contribution in [0.25, 0.3) is 0 Å². The molecule has 1 rings (SSSR count). The van der Waals surface area contributed by atoms with E-state index in [2.05, 4.69) is 55.9 Å². The average molecular weight is 392 g/mol. The summed E-state index contributed by atoms with van der Waals surface area (Å²) in [6.07, 6.45) is 3.83. The predicted octanol–water partition coefficient (Wildman–Crippen LogP) is 3.96. The molecule has 0 radical (unpaired) electrons. The quantitative estimate of drug-likeness (QED) is 0.581. The molecule has 0 aromatic rings. The fraction of sp³-hybridized carbons (Fsp3) is 0.812. The van der Waals surface area contributed by atoms with Gasteiger partial charge in [0.2, 0.25) is 0 Å². The third kappa shape index (κ3) is 4.22. The molecule has 0 bridgehead atoms. The van der Waals surface area contributed by atoms with E-state index < -0.39 is 13.9 Å². The Morgan fingerprint density at radius 1 is 1.32 bits per heavy atom. The van der Waals surface area contributed by atoms with Gasteiger partial charge in [0.05, 0.1) is 13.2 Å². The highest BCUT2D eigenvalue weighted by molar-refractivity contribution is 9.11. The second kappa shape index (κ2) is 6.75. The minimum atomic E-state index is -1.81. The maximum absolute atomic E-state index is 11.9. The van der Waals surface area contributed by atoms with Gasteiger partial charge >= 0.3 is 5.97 Å². The zero-order valence-electron chi connectivity index (χ0n) is 14.8. The van der Waals surface area contributed by atoms with Crippen molar-refractivity contribution in [2.45, 2.75) is 70.3 Å². The Morgan fingerprint density at radius 3 is 2.27 bits per heavy atom. The van der Waals surface area contributed by atoms with Crippen molar-refractivity contribution in [3.8, 4) is 0 Å². The van der Waals surface area contributed by atoms with Crippen molar-refractivity contribution in [3.05, 3.63) is 10.6 Å². The van der Waals surface area contributed by atoms with E-state index in [1.807, 2.05) is 0 Å². The summed E-state index contributed by atoms with van der Waals surface area (Å²) in [4.78, 5) is 11.9. The SMILES string of the molecule is COC(=O)C(C)(N)[C@@H]1CC[C@H](O[Si](C)(C)C(C)(C)C)C=C1Br. The fourth-order valence-electron chi connectivity index (χ4n) is 2.44. The molecule has 0 saturated carbocycles. The Bertz CT molecular complexity index is 455. The molecule has 0 spiro atoms. The van der Waals surface area contributed by atoms with Crippen LogP contribution >= 0.6 is 15.9 Å². The molecule has 0 heterocycles. The molecule has 0 amide bonds. The number of carbonyl (C=O) groups is 1. The number of hydrogen-bond donors (Lipinski definition) is 1. The number of rotatable bonds is 4. The summed E-state index contributed by atoms with van der Waals surface area (Å²) in [5, 5.41) is 0.179. The van der Waals surface area contributed by atoms with E-state index in [9.17, 15) is 4.79 Å². The topological polar surface area (TPSA) is 61.5 Å². The number of esters is 1. The average Bonchev–Trinajstić information content (AvgIpc) is 2.35. The van der Waals surface area contributed by atoms with Crippen LogP contribution in [-0.2, 0) is 14.0 Å². The Balaban J connectivity index is 2.88. The van der Waals surface area contributed by atoms with Gasteiger partial charge in [-0.3, -0.25) is 4.79 Å². The molecule has 1 aliphatic rings. The minimum Gasteiger partial charge on any atom is -0.468 e. The van der Waals surface area contributed by atoms with Crippen LogP contribution in [0.5, 0.6) is 0 Å². The molecule has 1 unspecified atom stereocenters. The number of hydrogen-bond acceptors (Lipinski definition) is 4. The second-order valence-corrected chi connectivity index (χ2v) is 13.5. The molecule has 0 fully saturated rings. The number of halogens is 1. The van der Waals surface area contributed by atoms with Gasteiger partial charge in [0.15, 0.2) is 8.32 Å². The molecule has 0 aromatic carbocycles. The van der Waals surface area contributed by atoms with Crippen LogP contribution in [0.2, 0.25) is 18.1 Å². The van der Waals surface area contributed by atoms with Gasteiger partial charge in [-0.05, 0) is 48.5 Å². The van der Waals surface area contributed by atoms with Crippen LogP contribution in [0.15, 0.2) is 10.6 Å². The van der Waals surface area contributed by atoms with Crippen molar-refractivity contribution in [1.82, 2.24) is 0 Å². The molecular formula is C16H30BrNO3Si. The van der Waals surface area contributed by atoms with E-state index >= 15 is 0 Å². The first-order valence-electron chi connectivity index (χ1n) is 7.75. The van der Waals surface area contributed by atoms with E-state index in [1.165, 1.54) is 7.11 Å². The number of methoxy groups -OCH3 is 1. The zero-order chi connectivity index (χ0) is 17.3. The number of nitrogens with two attached hydrogens (primary N) is 1. The molecule has 6 heteroatoms. The smallest absolute Gasteiger partial charge is 0.326 e. The number of carbonyl (C=O) groups excluding carboxylic acids is 1. The van der Waals surface area contributed by atoms with Gasteiger partial charge in [0, 0.05) is 5.92 Å². The molecule has 3 atom stereocenters. The molecule has 22 heavy (non-hydrogen) atoms. The van der Waals surface area contributed by atoms with Gasteiger partial charge in [-0.1, -0.05) is 36.7 Å². The first-order chi connectivity index (χ1) is 9.83. The lowest BCUT2D eigenvalue weighted by Gasteiger charge is -2.41. The summed E-state index contributed by atoms with van der Waals surface area (Å²) in [5.41, 5.74) is 5.18. The van der Waals surface area contributed by atoms with E-state index in [0.717, 1.165) is 17.3 Å². The van der Waals surface area contributed by atoms with E-state index in [-0.39, 0.29) is 23.0 Å². The van der Waals surface area contributed by atoms with Gasteiger partial charge in [0.1, 0.15) is 5.54 Å². The van der Waals surface area contributed by atoms with Crippen molar-refractivity contribution >= 4 is 30.2 Å². The fourth-order valence-corrected chi connectivity index (χ4v) is 4.74. The Kier molecular flexibility index (Phi) is 6.10. The third-order valence-electron chi connectivity index (χ3n) is 5.02. The highest BCUT2D eigenvalue weighted by Crippen LogP contribution is 2.41. The van der Waals surface area contributed by atoms with E-state index in [0.29, 0.717) is 0 Å². The Labute approximate surface area is 144 Å². The van der Waals surface area contributed by atoms with Crippen molar-refractivity contribution in [2.24, 2.45) is 11.7 Å². The van der Waals surface area contributed by atoms with Crippen molar-refractivity contribution in [1.29, 1.82) is 0 Å². The molecule has 1 aliphatic carbocycles. The Hall–Kier alpha value is -0.173. The summed E-state index contributed by atoms with van der Waals surface area (Å²) >= 11 is 3.60. The van der Waals surface area contributed by atoms with Crippen LogP contribution in [0.3, 0.4) is 0 Å². The van der Waals surface area contributed by atoms with Gasteiger partial charge in [-0.2, -0.15) is 0 Å². The second-order valence-electron chi connectivity index (χ2n) is 7.87. The van der Waals surface area contributed by atoms with Crippen molar-refractivity contribution in [2.75, 3.05) is 7.11 Å². The molecule has 0 aromatic heterocycles. The van der Waals surface area contributed by atoms with Crippen LogP contribution in [0, 0.1) is 5.92 Å². The minimum absolute atomic E-state index is 0.0702. The lowest BCUT2D eigenvalue weighted by atomic mass is 9.79. The largest absolute Gasteiger partial charge is 0.468 e. The molecule has 0 aliphatic heterocycles. The van der Waals surface area contributed by atoms with E-state index in [4.69, 9.17) is 14.9 Å². The van der Waals surface area contributed by atoms with Crippen LogP contribution in [0.1, 0.15) is 40.5 Å². The van der Waals surface area contributed by atoms with Gasteiger partial charge in [-0.25, -0.2) is 0 Å². The molecule has 0 saturated heterocycles. The maximum Gasteiger partial charge on any atom is 0.326 e. The Morgan fingerprint density at radius 2 is 1.86 bits per heavy atom. The standard InChI is InChI=1S/C16H30BrNO3Si/c1-15(2,3)22(6,7)21-11-8-9-12(13(17)10-11)16(4,18)14(19)20-5/h10-12H,8-9,18H2,1-7H3/t11-,12+,16?/m0/s1. The highest BCUT2D eigenvalue weighted by Gasteiger charge is 2.44. The monoisotopic (exact) mass is 391 g/mol. The number of ether oxygens (including phenoxy) is 1. The molecule has 128 valence electrons. The maximum atomic E-state index is 11.9. The summed E-state index contributed by atoms with van der Waals surface area (Å²) in [5.74, 6) is -0.453. The highest BCUT2D eigenvalue weighted by atomic mass is 79.9. The predicted molar refractivity (Wildman–Crippen MR) is 96.4 cm³/mol. The van der Waals surface area contributed by atoms with Gasteiger partial charge in [0.25, 0.3) is 0 Å². The molecule has 2 N–H and O–H groups in total. The zero-order valence-corrected chi connectivity index (χ0v) is 17.4. The summed E-state index contributed by atoms with van der Waals surface area (Å²) in [6, 6.07) is 0. The first-order valence-corrected chi connectivity index (χ1v) is 11.5. The lowest BCUT2D eigenvalue weighted by Crippen LogP contribution is -2.53. The van der Waals surface area contributed by atoms with Crippen molar-refractivity contribution in [3.63, 3.8) is 0 Å². The lowest BCUT2D eigenvalue weighted by molar-refractivity contribution is -0.148. The van der Waals surface area contributed by atoms with Crippen LogP contribution < -0.4 is 5.73 Å².